The first-order chi connectivity index (χ1) is 9.00. The minimum absolute atomic E-state index is 0.0348. The van der Waals surface area contributed by atoms with Gasteiger partial charge in [-0.05, 0) is 0 Å². The summed E-state index contributed by atoms with van der Waals surface area (Å²) in [5, 5.41) is 11.1. The van der Waals surface area contributed by atoms with Crippen molar-refractivity contribution in [2.45, 2.75) is 0 Å². The number of nitrogens with zero attached hydrogens (tertiary/aromatic N) is 3. The summed E-state index contributed by atoms with van der Waals surface area (Å²) in [6, 6.07) is 0. The van der Waals surface area contributed by atoms with Gasteiger partial charge in [0.15, 0.2) is 22.4 Å². The van der Waals surface area contributed by atoms with Crippen molar-refractivity contribution in [1.82, 2.24) is 19.9 Å². The smallest absolute Gasteiger partial charge is 0.354 e. The maximum Gasteiger partial charge on any atom is 0.354 e. The molecule has 3 N–H and O–H groups in total. The number of aromatic nitrogens is 4. The molecular weight excluding hydrogens is 297 g/mol. The molecule has 8 nitrogen and oxygen atoms in total. The zero-order valence-corrected chi connectivity index (χ0v) is 10.5. The fourth-order valence-corrected chi connectivity index (χ4v) is 1.51. The molecule has 0 aliphatic rings. The van der Waals surface area contributed by atoms with Gasteiger partial charge in [-0.15, -0.1) is 0 Å². The number of nitrogens with one attached hydrogen (secondary N) is 2. The predicted molar refractivity (Wildman–Crippen MR) is 65.6 cm³/mol. The minimum Gasteiger partial charge on any atom is -0.477 e. The van der Waals surface area contributed by atoms with E-state index in [0.717, 1.165) is 12.7 Å². The van der Waals surface area contributed by atoms with Crippen LogP contribution in [0, 0.1) is 0 Å². The number of aromatic carboxylic acids is 1. The molecule has 2 rings (SSSR count). The van der Waals surface area contributed by atoms with Gasteiger partial charge in [0.05, 0.1) is 6.33 Å². The van der Waals surface area contributed by atoms with Crippen molar-refractivity contribution < 1.29 is 14.7 Å². The third-order valence-corrected chi connectivity index (χ3v) is 2.79. The molecule has 0 saturated carbocycles. The van der Waals surface area contributed by atoms with E-state index >= 15 is 0 Å². The number of rotatable bonds is 3. The number of H-pyrrole nitrogens is 1. The molecule has 0 aliphatic carbocycles. The van der Waals surface area contributed by atoms with E-state index in [1.54, 1.807) is 0 Å². The summed E-state index contributed by atoms with van der Waals surface area (Å²) in [6.07, 6.45) is 2.19. The first-order valence-electron chi connectivity index (χ1n) is 4.74. The van der Waals surface area contributed by atoms with E-state index in [1.807, 2.05) is 0 Å². The Morgan fingerprint density at radius 1 is 1.26 bits per heavy atom. The number of carboxylic acid groups (broad SMARTS) is 1. The van der Waals surface area contributed by atoms with Gasteiger partial charge in [0.25, 0.3) is 5.91 Å². The van der Waals surface area contributed by atoms with E-state index in [-0.39, 0.29) is 27.4 Å². The van der Waals surface area contributed by atoms with Crippen LogP contribution in [0.1, 0.15) is 21.0 Å². The van der Waals surface area contributed by atoms with Crippen LogP contribution in [0.3, 0.4) is 0 Å². The zero-order valence-electron chi connectivity index (χ0n) is 9.02. The van der Waals surface area contributed by atoms with Crippen molar-refractivity contribution in [3.8, 4) is 0 Å². The number of carbonyl (C=O) groups is 2. The fourth-order valence-electron chi connectivity index (χ4n) is 1.23. The van der Waals surface area contributed by atoms with Gasteiger partial charge in [-0.3, -0.25) is 4.79 Å². The van der Waals surface area contributed by atoms with Gasteiger partial charge in [0, 0.05) is 0 Å². The molecule has 0 bridgehead atoms. The highest BCUT2D eigenvalue weighted by molar-refractivity contribution is 6.43. The molecule has 19 heavy (non-hydrogen) atoms. The van der Waals surface area contributed by atoms with Crippen LogP contribution in [0.5, 0.6) is 0 Å². The molecule has 2 aromatic rings. The average molecular weight is 302 g/mol. The summed E-state index contributed by atoms with van der Waals surface area (Å²) in [5.41, 5.74) is -0.632. The van der Waals surface area contributed by atoms with Gasteiger partial charge in [0.1, 0.15) is 11.3 Å². The minimum atomic E-state index is -1.31. The van der Waals surface area contributed by atoms with Crippen LogP contribution in [0.2, 0.25) is 10.2 Å². The Hall–Kier alpha value is -2.19. The van der Waals surface area contributed by atoms with E-state index in [0.29, 0.717) is 0 Å². The van der Waals surface area contributed by atoms with Crippen molar-refractivity contribution in [3.63, 3.8) is 0 Å². The molecule has 2 aromatic heterocycles. The van der Waals surface area contributed by atoms with E-state index in [2.05, 4.69) is 25.3 Å². The number of imidazole rings is 1. The maximum atomic E-state index is 11.8. The summed E-state index contributed by atoms with van der Waals surface area (Å²) in [6.45, 7) is 0. The number of carboxylic acids is 1. The highest BCUT2D eigenvalue weighted by Gasteiger charge is 2.21. The van der Waals surface area contributed by atoms with Crippen LogP contribution in [0.25, 0.3) is 0 Å². The van der Waals surface area contributed by atoms with Gasteiger partial charge >= 0.3 is 5.97 Å². The van der Waals surface area contributed by atoms with E-state index < -0.39 is 11.9 Å². The number of hydrogen-bond donors (Lipinski definition) is 3. The Kier molecular flexibility index (Phi) is 3.63. The lowest BCUT2D eigenvalue weighted by molar-refractivity contribution is 0.0686. The number of hydrogen-bond acceptors (Lipinski definition) is 5. The highest BCUT2D eigenvalue weighted by atomic mass is 35.5. The first kappa shape index (κ1) is 13.2. The van der Waals surface area contributed by atoms with Crippen molar-refractivity contribution in [2.24, 2.45) is 0 Å². The van der Waals surface area contributed by atoms with Crippen molar-refractivity contribution in [2.75, 3.05) is 5.32 Å². The normalized spacial score (nSPS) is 10.2. The predicted octanol–water partition coefficient (Wildman–Crippen LogP) is 1.46. The number of halogens is 2. The number of carbonyl (C=O) groups excluding carboxylic acids is 1. The lowest BCUT2D eigenvalue weighted by atomic mass is 10.3. The number of aromatic amines is 1. The van der Waals surface area contributed by atoms with Crippen LogP contribution in [0.4, 0.5) is 5.82 Å². The van der Waals surface area contributed by atoms with Crippen LogP contribution >= 0.6 is 23.2 Å². The summed E-state index contributed by atoms with van der Waals surface area (Å²) in [4.78, 5) is 36.0. The lowest BCUT2D eigenvalue weighted by Crippen LogP contribution is -2.17. The Labute approximate surface area is 115 Å². The number of amides is 1. The summed E-state index contributed by atoms with van der Waals surface area (Å²) in [7, 11) is 0. The van der Waals surface area contributed by atoms with Gasteiger partial charge in [-0.25, -0.2) is 19.7 Å². The molecule has 0 aromatic carbocycles. The fraction of sp³-hybridized carbons (Fsp3) is 0. The Morgan fingerprint density at radius 3 is 2.68 bits per heavy atom. The molecular formula is C9H5Cl2N5O3. The standard InChI is InChI=1S/C9H5Cl2N5O3/c10-3-6(11)14-2-15-7(3)16-8(17)4-5(9(18)19)13-1-12-4/h1-2H,(H,12,13)(H,18,19)(H,14,15,16,17). The summed E-state index contributed by atoms with van der Waals surface area (Å²) >= 11 is 11.4. The Morgan fingerprint density at radius 2 is 2.00 bits per heavy atom. The molecule has 10 heteroatoms. The van der Waals surface area contributed by atoms with Crippen LogP contribution in [-0.4, -0.2) is 36.9 Å². The number of anilines is 1. The lowest BCUT2D eigenvalue weighted by Gasteiger charge is -2.05. The molecule has 0 atom stereocenters. The highest BCUT2D eigenvalue weighted by Crippen LogP contribution is 2.25. The van der Waals surface area contributed by atoms with E-state index in [9.17, 15) is 9.59 Å². The van der Waals surface area contributed by atoms with Crippen LogP contribution in [0.15, 0.2) is 12.7 Å². The zero-order chi connectivity index (χ0) is 14.0. The molecule has 1 amide bonds. The van der Waals surface area contributed by atoms with E-state index in [1.165, 1.54) is 0 Å². The van der Waals surface area contributed by atoms with Crippen LogP contribution < -0.4 is 5.32 Å². The van der Waals surface area contributed by atoms with Gasteiger partial charge in [-0.1, -0.05) is 23.2 Å². The largest absolute Gasteiger partial charge is 0.477 e. The topological polar surface area (TPSA) is 121 Å². The molecule has 0 spiro atoms. The van der Waals surface area contributed by atoms with Crippen LogP contribution in [-0.2, 0) is 0 Å². The average Bonchev–Trinajstić information content (AvgIpc) is 2.84. The molecule has 0 aliphatic heterocycles. The van der Waals surface area contributed by atoms with Gasteiger partial charge in [-0.2, -0.15) is 0 Å². The third-order valence-electron chi connectivity index (χ3n) is 2.05. The van der Waals surface area contributed by atoms with Crippen molar-refractivity contribution in [1.29, 1.82) is 0 Å². The van der Waals surface area contributed by atoms with Crippen molar-refractivity contribution >= 4 is 40.9 Å². The Balaban J connectivity index is 2.29. The van der Waals surface area contributed by atoms with Gasteiger partial charge in [0.2, 0.25) is 0 Å². The monoisotopic (exact) mass is 301 g/mol. The van der Waals surface area contributed by atoms with E-state index in [4.69, 9.17) is 28.3 Å². The first-order valence-corrected chi connectivity index (χ1v) is 5.50. The second-order valence-corrected chi connectivity index (χ2v) is 3.95. The molecule has 0 unspecified atom stereocenters. The molecule has 98 valence electrons. The summed E-state index contributed by atoms with van der Waals surface area (Å²) in [5.74, 6) is -2.13. The SMILES string of the molecule is O=C(Nc1ncnc(Cl)c1Cl)c1nc[nH]c1C(=O)O. The molecule has 2 heterocycles. The second-order valence-electron chi connectivity index (χ2n) is 3.21. The quantitative estimate of drug-likeness (QED) is 0.738. The molecule has 0 saturated heterocycles. The second kappa shape index (κ2) is 5.21. The maximum absolute atomic E-state index is 11.8. The van der Waals surface area contributed by atoms with Gasteiger partial charge < -0.3 is 15.4 Å². The summed E-state index contributed by atoms with van der Waals surface area (Å²) < 4.78 is 0. The molecule has 0 radical (unpaired) electrons. The third kappa shape index (κ3) is 2.64. The Bertz CT molecular complexity index is 657. The van der Waals surface area contributed by atoms with Crippen molar-refractivity contribution in [3.05, 3.63) is 34.2 Å². The molecule has 0 fully saturated rings.